The Morgan fingerprint density at radius 1 is 0.933 bits per heavy atom. The lowest BCUT2D eigenvalue weighted by Gasteiger charge is -2.19. The first kappa shape index (κ1) is 23.3. The van der Waals surface area contributed by atoms with Gasteiger partial charge in [0.15, 0.2) is 16.4 Å². The standard InChI is InChI=1S/C22H27NO6S/c1-22(2,3)15-7-10-17(11-8-15)30(25,26)20(21(24)29-6)14-23-16-9-12-18(27-4)19(13-16)28-5/h7-14,23H,1-6H3. The van der Waals surface area contributed by atoms with E-state index in [4.69, 9.17) is 14.2 Å². The highest BCUT2D eigenvalue weighted by atomic mass is 32.2. The van der Waals surface area contributed by atoms with Crippen LogP contribution in [0.25, 0.3) is 0 Å². The zero-order valence-corrected chi connectivity index (χ0v) is 18.8. The van der Waals surface area contributed by atoms with Gasteiger partial charge in [-0.25, -0.2) is 13.2 Å². The molecule has 2 aromatic carbocycles. The van der Waals surface area contributed by atoms with E-state index in [9.17, 15) is 13.2 Å². The van der Waals surface area contributed by atoms with Crippen LogP contribution in [0.5, 0.6) is 11.5 Å². The number of esters is 1. The minimum Gasteiger partial charge on any atom is -0.493 e. The van der Waals surface area contributed by atoms with Gasteiger partial charge in [0.2, 0.25) is 9.84 Å². The van der Waals surface area contributed by atoms with Crippen LogP contribution in [-0.2, 0) is 24.8 Å². The molecule has 0 bridgehead atoms. The van der Waals surface area contributed by atoms with Crippen molar-refractivity contribution >= 4 is 21.5 Å². The molecule has 0 aliphatic heterocycles. The zero-order valence-electron chi connectivity index (χ0n) is 18.0. The van der Waals surface area contributed by atoms with E-state index in [0.717, 1.165) is 18.9 Å². The van der Waals surface area contributed by atoms with Gasteiger partial charge in [0.05, 0.1) is 26.2 Å². The Hall–Kier alpha value is -3.00. The highest BCUT2D eigenvalue weighted by molar-refractivity contribution is 7.96. The quantitative estimate of drug-likeness (QED) is 0.523. The largest absolute Gasteiger partial charge is 0.493 e. The van der Waals surface area contributed by atoms with Gasteiger partial charge >= 0.3 is 5.97 Å². The summed E-state index contributed by atoms with van der Waals surface area (Å²) in [7, 11) is 0.0254. The molecule has 0 aliphatic rings. The molecule has 0 heterocycles. The topological polar surface area (TPSA) is 90.9 Å². The first-order chi connectivity index (χ1) is 14.0. The highest BCUT2D eigenvalue weighted by Gasteiger charge is 2.28. The van der Waals surface area contributed by atoms with E-state index in [-0.39, 0.29) is 10.3 Å². The molecule has 0 saturated carbocycles. The number of sulfone groups is 1. The molecule has 8 heteroatoms. The SMILES string of the molecule is COC(=O)C(=CNc1ccc(OC)c(OC)c1)S(=O)(=O)c1ccc(C(C)(C)C)cc1. The van der Waals surface area contributed by atoms with Gasteiger partial charge in [-0.15, -0.1) is 0 Å². The van der Waals surface area contributed by atoms with Crippen LogP contribution in [-0.4, -0.2) is 35.7 Å². The van der Waals surface area contributed by atoms with E-state index in [2.05, 4.69) is 5.32 Å². The van der Waals surface area contributed by atoms with E-state index in [1.807, 2.05) is 20.8 Å². The summed E-state index contributed by atoms with van der Waals surface area (Å²) >= 11 is 0. The summed E-state index contributed by atoms with van der Waals surface area (Å²) in [5, 5.41) is 2.82. The van der Waals surface area contributed by atoms with Crippen molar-refractivity contribution in [3.05, 3.63) is 59.1 Å². The molecule has 0 unspecified atom stereocenters. The van der Waals surface area contributed by atoms with Crippen LogP contribution in [0.1, 0.15) is 26.3 Å². The van der Waals surface area contributed by atoms with E-state index in [1.54, 1.807) is 30.3 Å². The second-order valence-electron chi connectivity index (χ2n) is 7.49. The summed E-state index contributed by atoms with van der Waals surface area (Å²) in [5.41, 5.74) is 1.36. The molecule has 2 aromatic rings. The molecule has 0 amide bonds. The Labute approximate surface area is 177 Å². The first-order valence-electron chi connectivity index (χ1n) is 9.17. The number of rotatable bonds is 7. The van der Waals surface area contributed by atoms with Gasteiger partial charge in [-0.3, -0.25) is 0 Å². The van der Waals surface area contributed by atoms with E-state index in [1.165, 1.54) is 26.4 Å². The highest BCUT2D eigenvalue weighted by Crippen LogP contribution is 2.30. The molecule has 2 rings (SSSR count). The molecule has 30 heavy (non-hydrogen) atoms. The fraction of sp³-hybridized carbons (Fsp3) is 0.318. The maximum atomic E-state index is 13.1. The van der Waals surface area contributed by atoms with Crippen molar-refractivity contribution in [1.82, 2.24) is 0 Å². The lowest BCUT2D eigenvalue weighted by molar-refractivity contribution is -0.135. The second kappa shape index (κ2) is 9.21. The molecular weight excluding hydrogens is 406 g/mol. The molecule has 0 spiro atoms. The lowest BCUT2D eigenvalue weighted by atomic mass is 9.87. The molecule has 0 atom stereocenters. The van der Waals surface area contributed by atoms with Crippen molar-refractivity contribution < 1.29 is 27.4 Å². The fourth-order valence-corrected chi connectivity index (χ4v) is 3.95. The third kappa shape index (κ3) is 5.13. The van der Waals surface area contributed by atoms with Crippen molar-refractivity contribution in [3.8, 4) is 11.5 Å². The van der Waals surface area contributed by atoms with Gasteiger partial charge in [-0.1, -0.05) is 32.9 Å². The fourth-order valence-electron chi connectivity index (χ4n) is 2.68. The van der Waals surface area contributed by atoms with Crippen LogP contribution in [0.15, 0.2) is 58.5 Å². The number of hydrogen-bond donors (Lipinski definition) is 1. The molecule has 0 aromatic heterocycles. The van der Waals surface area contributed by atoms with Gasteiger partial charge in [-0.2, -0.15) is 0 Å². The number of ether oxygens (including phenoxy) is 3. The van der Waals surface area contributed by atoms with Crippen molar-refractivity contribution in [2.45, 2.75) is 31.1 Å². The van der Waals surface area contributed by atoms with Crippen molar-refractivity contribution in [3.63, 3.8) is 0 Å². The normalized spacial score (nSPS) is 12.3. The second-order valence-corrected chi connectivity index (χ2v) is 9.41. The number of methoxy groups -OCH3 is 3. The average molecular weight is 434 g/mol. The van der Waals surface area contributed by atoms with Gasteiger partial charge in [0.25, 0.3) is 0 Å². The number of anilines is 1. The minimum atomic E-state index is -4.11. The number of hydrogen-bond acceptors (Lipinski definition) is 7. The smallest absolute Gasteiger partial charge is 0.351 e. The number of carbonyl (C=O) groups is 1. The molecule has 0 aliphatic carbocycles. The average Bonchev–Trinajstić information content (AvgIpc) is 2.72. The van der Waals surface area contributed by atoms with Crippen molar-refractivity contribution in [1.29, 1.82) is 0 Å². The molecule has 0 radical (unpaired) electrons. The summed E-state index contributed by atoms with van der Waals surface area (Å²) in [4.78, 5) is 11.7. The summed E-state index contributed by atoms with van der Waals surface area (Å²) < 4.78 is 41.3. The maximum Gasteiger partial charge on any atom is 0.351 e. The third-order valence-corrected chi connectivity index (χ3v) is 6.22. The molecule has 1 N–H and O–H groups in total. The number of benzene rings is 2. The lowest BCUT2D eigenvalue weighted by Crippen LogP contribution is -2.17. The van der Waals surface area contributed by atoms with Crippen LogP contribution >= 0.6 is 0 Å². The molecule has 162 valence electrons. The Morgan fingerprint density at radius 3 is 2.03 bits per heavy atom. The van der Waals surface area contributed by atoms with Crippen LogP contribution in [0.3, 0.4) is 0 Å². The first-order valence-corrected chi connectivity index (χ1v) is 10.7. The van der Waals surface area contributed by atoms with Crippen LogP contribution < -0.4 is 14.8 Å². The van der Waals surface area contributed by atoms with E-state index < -0.39 is 20.7 Å². The van der Waals surface area contributed by atoms with Crippen LogP contribution in [0.2, 0.25) is 0 Å². The molecular formula is C22H27NO6S. The van der Waals surface area contributed by atoms with Gasteiger partial charge in [0.1, 0.15) is 0 Å². The molecule has 0 saturated heterocycles. The summed E-state index contributed by atoms with van der Waals surface area (Å²) in [6, 6.07) is 11.4. The summed E-state index contributed by atoms with van der Waals surface area (Å²) in [6.45, 7) is 6.09. The number of carbonyl (C=O) groups excluding carboxylic acids is 1. The Balaban J connectivity index is 2.42. The maximum absolute atomic E-state index is 13.1. The Bertz CT molecular complexity index is 1030. The van der Waals surface area contributed by atoms with Crippen molar-refractivity contribution in [2.24, 2.45) is 0 Å². The van der Waals surface area contributed by atoms with Crippen LogP contribution in [0, 0.1) is 0 Å². The van der Waals surface area contributed by atoms with E-state index in [0.29, 0.717) is 17.2 Å². The summed E-state index contributed by atoms with van der Waals surface area (Å²) in [6.07, 6.45) is 1.11. The van der Waals surface area contributed by atoms with Gasteiger partial charge in [-0.05, 0) is 35.2 Å². The Kier molecular flexibility index (Phi) is 7.15. The number of nitrogens with one attached hydrogen (secondary N) is 1. The molecule has 0 fully saturated rings. The van der Waals surface area contributed by atoms with Crippen LogP contribution in [0.4, 0.5) is 5.69 Å². The van der Waals surface area contributed by atoms with Gasteiger partial charge < -0.3 is 19.5 Å². The minimum absolute atomic E-state index is 0.00117. The van der Waals surface area contributed by atoms with E-state index >= 15 is 0 Å². The third-order valence-electron chi connectivity index (χ3n) is 4.46. The zero-order chi connectivity index (χ0) is 22.5. The molecule has 7 nitrogen and oxygen atoms in total. The monoisotopic (exact) mass is 433 g/mol. The Morgan fingerprint density at radius 2 is 1.53 bits per heavy atom. The predicted molar refractivity (Wildman–Crippen MR) is 116 cm³/mol. The summed E-state index contributed by atoms with van der Waals surface area (Å²) in [5.74, 6) is 0.00537. The van der Waals surface area contributed by atoms with Gasteiger partial charge in [0, 0.05) is 18.0 Å². The van der Waals surface area contributed by atoms with Crippen molar-refractivity contribution in [2.75, 3.05) is 26.6 Å². The predicted octanol–water partition coefficient (Wildman–Crippen LogP) is 3.90.